The van der Waals surface area contributed by atoms with Crippen LogP contribution in [0.3, 0.4) is 0 Å². The first-order valence-electron chi connectivity index (χ1n) is 6.56. The molecule has 0 aromatic carbocycles. The number of nitrogens with one attached hydrogen (secondary N) is 2. The van der Waals surface area contributed by atoms with E-state index in [-0.39, 0.29) is 5.91 Å². The number of aromatic nitrogens is 2. The van der Waals surface area contributed by atoms with Crippen LogP contribution in [-0.4, -0.2) is 54.2 Å². The fourth-order valence-corrected chi connectivity index (χ4v) is 1.56. The summed E-state index contributed by atoms with van der Waals surface area (Å²) in [5.74, 6) is 0.501. The second-order valence-corrected chi connectivity index (χ2v) is 4.80. The van der Waals surface area contributed by atoms with Gasteiger partial charge >= 0.3 is 0 Å². The van der Waals surface area contributed by atoms with Gasteiger partial charge in [0.15, 0.2) is 5.69 Å². The number of rotatable bonds is 7. The van der Waals surface area contributed by atoms with Gasteiger partial charge in [0.25, 0.3) is 5.91 Å². The predicted octanol–water partition coefficient (Wildman–Crippen LogP) is 0.978. The minimum absolute atomic E-state index is 0.192. The smallest absolute Gasteiger partial charge is 0.271 e. The highest BCUT2D eigenvalue weighted by Crippen LogP contribution is 2.06. The molecule has 0 aliphatic heterocycles. The summed E-state index contributed by atoms with van der Waals surface area (Å²) in [7, 11) is 4.10. The van der Waals surface area contributed by atoms with E-state index in [0.717, 1.165) is 13.0 Å². The first-order chi connectivity index (χ1) is 9.02. The lowest BCUT2D eigenvalue weighted by atomic mass is 10.2. The molecule has 0 saturated heterocycles. The summed E-state index contributed by atoms with van der Waals surface area (Å²) < 4.78 is 0. The zero-order valence-electron chi connectivity index (χ0n) is 12.1. The molecule has 1 heterocycles. The topological polar surface area (TPSA) is 70.2 Å². The molecule has 0 spiro atoms. The van der Waals surface area contributed by atoms with Crippen molar-refractivity contribution in [1.82, 2.24) is 20.4 Å². The Balaban J connectivity index is 2.50. The maximum Gasteiger partial charge on any atom is 0.271 e. The second-order valence-electron chi connectivity index (χ2n) is 4.80. The summed E-state index contributed by atoms with van der Waals surface area (Å²) in [6, 6.07) is 3.77. The Morgan fingerprint density at radius 1 is 1.37 bits per heavy atom. The molecule has 6 heteroatoms. The van der Waals surface area contributed by atoms with Crippen molar-refractivity contribution in [2.45, 2.75) is 26.3 Å². The highest BCUT2D eigenvalue weighted by molar-refractivity contribution is 5.92. The van der Waals surface area contributed by atoms with E-state index >= 15 is 0 Å². The van der Waals surface area contributed by atoms with Crippen molar-refractivity contribution in [1.29, 1.82) is 0 Å². The summed E-state index contributed by atoms with van der Waals surface area (Å²) in [5.41, 5.74) is 0.341. The van der Waals surface area contributed by atoms with Crippen molar-refractivity contribution < 1.29 is 4.79 Å². The first kappa shape index (κ1) is 15.4. The SMILES string of the molecule is CCNC(=O)c1ccc(NC(C)CCN(C)C)nn1. The third kappa shape index (κ3) is 5.65. The molecule has 1 rings (SSSR count). The quantitative estimate of drug-likeness (QED) is 0.769. The molecule has 1 aromatic heterocycles. The van der Waals surface area contributed by atoms with Crippen molar-refractivity contribution in [3.8, 4) is 0 Å². The zero-order valence-corrected chi connectivity index (χ0v) is 12.1. The lowest BCUT2D eigenvalue weighted by Crippen LogP contribution is -2.25. The van der Waals surface area contributed by atoms with Gasteiger partial charge in [-0.3, -0.25) is 4.79 Å². The summed E-state index contributed by atoms with van der Waals surface area (Å²) in [6.45, 7) is 5.57. The molecule has 1 amide bonds. The van der Waals surface area contributed by atoms with Gasteiger partial charge in [0.05, 0.1) is 0 Å². The number of hydrogen-bond donors (Lipinski definition) is 2. The molecule has 106 valence electrons. The monoisotopic (exact) mass is 265 g/mol. The van der Waals surface area contributed by atoms with Crippen LogP contribution in [-0.2, 0) is 0 Å². The average molecular weight is 265 g/mol. The number of amides is 1. The molecule has 0 fully saturated rings. The fourth-order valence-electron chi connectivity index (χ4n) is 1.56. The fraction of sp³-hybridized carbons (Fsp3) is 0.615. The van der Waals surface area contributed by atoms with Crippen LogP contribution in [0.15, 0.2) is 12.1 Å². The molecular weight excluding hydrogens is 242 g/mol. The van der Waals surface area contributed by atoms with E-state index in [1.165, 1.54) is 0 Å². The summed E-state index contributed by atoms with van der Waals surface area (Å²) in [5, 5.41) is 13.9. The Labute approximate surface area is 114 Å². The molecule has 0 bridgehead atoms. The highest BCUT2D eigenvalue weighted by atomic mass is 16.1. The number of nitrogens with zero attached hydrogens (tertiary/aromatic N) is 3. The largest absolute Gasteiger partial charge is 0.366 e. The van der Waals surface area contributed by atoms with E-state index in [9.17, 15) is 4.79 Å². The Hall–Kier alpha value is -1.69. The third-order valence-corrected chi connectivity index (χ3v) is 2.64. The molecule has 1 unspecified atom stereocenters. The van der Waals surface area contributed by atoms with Crippen LogP contribution in [0.2, 0.25) is 0 Å². The highest BCUT2D eigenvalue weighted by Gasteiger charge is 2.08. The van der Waals surface area contributed by atoms with Crippen molar-refractivity contribution >= 4 is 11.7 Å². The van der Waals surface area contributed by atoms with Crippen LogP contribution >= 0.6 is 0 Å². The van der Waals surface area contributed by atoms with Gasteiger partial charge in [0, 0.05) is 12.6 Å². The van der Waals surface area contributed by atoms with Gasteiger partial charge in [-0.15, -0.1) is 10.2 Å². The van der Waals surface area contributed by atoms with Crippen molar-refractivity contribution in [3.05, 3.63) is 17.8 Å². The first-order valence-corrected chi connectivity index (χ1v) is 6.56. The molecule has 19 heavy (non-hydrogen) atoms. The number of hydrogen-bond acceptors (Lipinski definition) is 5. The minimum atomic E-state index is -0.192. The maximum absolute atomic E-state index is 11.5. The maximum atomic E-state index is 11.5. The normalized spacial score (nSPS) is 12.3. The molecule has 2 N–H and O–H groups in total. The van der Waals surface area contributed by atoms with Crippen LogP contribution in [0.25, 0.3) is 0 Å². The predicted molar refractivity (Wildman–Crippen MR) is 76.3 cm³/mol. The van der Waals surface area contributed by atoms with Crippen LogP contribution < -0.4 is 10.6 Å². The summed E-state index contributed by atoms with van der Waals surface area (Å²) >= 11 is 0. The van der Waals surface area contributed by atoms with Gasteiger partial charge in [-0.25, -0.2) is 0 Å². The Bertz CT molecular complexity index is 391. The Morgan fingerprint density at radius 3 is 2.63 bits per heavy atom. The number of anilines is 1. The van der Waals surface area contributed by atoms with Crippen LogP contribution in [0.5, 0.6) is 0 Å². The molecule has 0 aliphatic carbocycles. The molecule has 0 saturated carbocycles. The molecule has 1 atom stereocenters. The van der Waals surface area contributed by atoms with Gasteiger partial charge < -0.3 is 15.5 Å². The van der Waals surface area contributed by atoms with Gasteiger partial charge in [-0.1, -0.05) is 0 Å². The van der Waals surface area contributed by atoms with E-state index in [1.54, 1.807) is 12.1 Å². The van der Waals surface area contributed by atoms with Gasteiger partial charge in [0.2, 0.25) is 0 Å². The zero-order chi connectivity index (χ0) is 14.3. The van der Waals surface area contributed by atoms with E-state index in [0.29, 0.717) is 24.1 Å². The molecular formula is C13H23N5O. The van der Waals surface area contributed by atoms with E-state index in [4.69, 9.17) is 0 Å². The second kappa shape index (κ2) is 7.68. The van der Waals surface area contributed by atoms with Crippen LogP contribution in [0.1, 0.15) is 30.8 Å². The molecule has 1 aromatic rings. The Morgan fingerprint density at radius 2 is 2.11 bits per heavy atom. The minimum Gasteiger partial charge on any atom is -0.366 e. The third-order valence-electron chi connectivity index (χ3n) is 2.64. The molecule has 6 nitrogen and oxygen atoms in total. The van der Waals surface area contributed by atoms with Crippen molar-refractivity contribution in [3.63, 3.8) is 0 Å². The summed E-state index contributed by atoms with van der Waals surface area (Å²) in [4.78, 5) is 13.7. The van der Waals surface area contributed by atoms with Crippen LogP contribution in [0, 0.1) is 0 Å². The lowest BCUT2D eigenvalue weighted by Gasteiger charge is -2.16. The van der Waals surface area contributed by atoms with Gasteiger partial charge in [-0.2, -0.15) is 0 Å². The standard InChI is InChI=1S/C13H23N5O/c1-5-14-13(19)11-6-7-12(17-16-11)15-10(2)8-9-18(3)4/h6-7,10H,5,8-9H2,1-4H3,(H,14,19)(H,15,17). The Kier molecular flexibility index (Phi) is 6.21. The average Bonchev–Trinajstić information content (AvgIpc) is 2.37. The van der Waals surface area contributed by atoms with Crippen molar-refractivity contribution in [2.75, 3.05) is 32.5 Å². The van der Waals surface area contributed by atoms with Crippen LogP contribution in [0.4, 0.5) is 5.82 Å². The number of carbonyl (C=O) groups is 1. The lowest BCUT2D eigenvalue weighted by molar-refractivity contribution is 0.0950. The van der Waals surface area contributed by atoms with Crippen molar-refractivity contribution in [2.24, 2.45) is 0 Å². The van der Waals surface area contributed by atoms with E-state index in [2.05, 4.69) is 32.7 Å². The molecule has 0 aliphatic rings. The summed E-state index contributed by atoms with van der Waals surface area (Å²) in [6.07, 6.45) is 1.02. The van der Waals surface area contributed by atoms with E-state index < -0.39 is 0 Å². The number of carbonyl (C=O) groups excluding carboxylic acids is 1. The molecule has 0 radical (unpaired) electrons. The van der Waals surface area contributed by atoms with Gasteiger partial charge in [0.1, 0.15) is 5.82 Å². The van der Waals surface area contributed by atoms with E-state index in [1.807, 2.05) is 21.0 Å². The van der Waals surface area contributed by atoms with Gasteiger partial charge in [-0.05, 0) is 53.0 Å².